The van der Waals surface area contributed by atoms with Crippen LogP contribution in [0, 0.1) is 11.6 Å². The lowest BCUT2D eigenvalue weighted by Gasteiger charge is -2.33. The van der Waals surface area contributed by atoms with Crippen LogP contribution in [-0.2, 0) is 35.2 Å². The largest absolute Gasteiger partial charge is 0.378 e. The van der Waals surface area contributed by atoms with Gasteiger partial charge in [-0.25, -0.2) is 13.0 Å². The lowest BCUT2D eigenvalue weighted by molar-refractivity contribution is 0.00500. The average Bonchev–Trinajstić information content (AvgIpc) is 3.24. The van der Waals surface area contributed by atoms with Gasteiger partial charge < -0.3 is 10.5 Å². The summed E-state index contributed by atoms with van der Waals surface area (Å²) in [5.41, 5.74) is 9.59. The first kappa shape index (κ1) is 19.6. The summed E-state index contributed by atoms with van der Waals surface area (Å²) >= 11 is 0. The van der Waals surface area contributed by atoms with Gasteiger partial charge in [-0.2, -0.15) is 9.19 Å². The van der Waals surface area contributed by atoms with Crippen LogP contribution in [0.15, 0.2) is 24.3 Å². The highest BCUT2D eigenvalue weighted by Crippen LogP contribution is 2.31. The van der Waals surface area contributed by atoms with E-state index < -0.39 is 22.6 Å². The number of halogens is 2. The minimum absolute atomic E-state index is 0.146. The second-order valence-corrected chi connectivity index (χ2v) is 8.80. The third kappa shape index (κ3) is 4.17. The van der Waals surface area contributed by atoms with Crippen LogP contribution >= 0.6 is 0 Å². The number of ether oxygens (including phenoxy) is 1. The third-order valence-corrected chi connectivity index (χ3v) is 6.64. The van der Waals surface area contributed by atoms with Crippen molar-refractivity contribution in [3.63, 3.8) is 0 Å². The third-order valence-electron chi connectivity index (χ3n) is 5.32. The van der Waals surface area contributed by atoms with E-state index in [1.807, 2.05) is 0 Å². The Labute approximate surface area is 165 Å². The van der Waals surface area contributed by atoms with E-state index in [1.54, 1.807) is 4.09 Å². The molecule has 152 valence electrons. The zero-order valence-corrected chi connectivity index (χ0v) is 16.3. The Balaban J connectivity index is 0.000000203. The van der Waals surface area contributed by atoms with Gasteiger partial charge in [-0.1, -0.05) is 0 Å². The number of hydrogen-bond donors (Lipinski definition) is 1. The number of nitrogens with two attached hydrogens (primary N) is 1. The van der Waals surface area contributed by atoms with E-state index in [-0.39, 0.29) is 6.04 Å². The number of hydrogen-bond acceptors (Lipinski definition) is 5. The molecule has 0 radical (unpaired) electrons. The predicted molar refractivity (Wildman–Crippen MR) is 102 cm³/mol. The molecule has 0 bridgehead atoms. The molecule has 2 aromatic rings. The number of benzene rings is 1. The molecule has 4 heterocycles. The van der Waals surface area contributed by atoms with Gasteiger partial charge in [0.1, 0.15) is 22.6 Å². The first-order valence-corrected chi connectivity index (χ1v) is 10.8. The van der Waals surface area contributed by atoms with E-state index in [4.69, 9.17) is 10.5 Å². The highest BCUT2D eigenvalue weighted by molar-refractivity contribution is 7.83. The Morgan fingerprint density at radius 1 is 1.14 bits per heavy atom. The van der Waals surface area contributed by atoms with Gasteiger partial charge in [0.2, 0.25) is 0 Å². The summed E-state index contributed by atoms with van der Waals surface area (Å²) in [6.07, 6.45) is 3.00. The van der Waals surface area contributed by atoms with E-state index in [1.165, 1.54) is 11.3 Å². The monoisotopic (exact) mass is 410 g/mol. The van der Waals surface area contributed by atoms with Gasteiger partial charge in [0.15, 0.2) is 0 Å². The van der Waals surface area contributed by atoms with Crippen molar-refractivity contribution >= 4 is 11.0 Å². The fourth-order valence-electron chi connectivity index (χ4n) is 3.92. The Morgan fingerprint density at radius 3 is 2.54 bits per heavy atom. The Kier molecular flexibility index (Phi) is 5.86. The van der Waals surface area contributed by atoms with E-state index in [9.17, 15) is 13.0 Å². The average molecular weight is 410 g/mol. The summed E-state index contributed by atoms with van der Waals surface area (Å²) in [6.45, 7) is 3.18. The van der Waals surface area contributed by atoms with Gasteiger partial charge in [-0.05, 0) is 43.5 Å². The molecule has 0 amide bonds. The molecule has 9 heteroatoms. The highest BCUT2D eigenvalue weighted by atomic mass is 32.2. The normalized spacial score (nSPS) is 26.9. The Bertz CT molecular complexity index is 837. The molecule has 0 aliphatic carbocycles. The second-order valence-electron chi connectivity index (χ2n) is 7.40. The van der Waals surface area contributed by atoms with Gasteiger partial charge in [0.05, 0.1) is 24.6 Å². The van der Waals surface area contributed by atoms with E-state index >= 15 is 0 Å². The minimum Gasteiger partial charge on any atom is -0.378 e. The summed E-state index contributed by atoms with van der Waals surface area (Å²) in [6, 6.07) is 4.85. The molecule has 0 saturated carbocycles. The predicted octanol–water partition coefficient (Wildman–Crippen LogP) is 1.74. The van der Waals surface area contributed by atoms with Gasteiger partial charge in [-0.3, -0.25) is 4.90 Å². The summed E-state index contributed by atoms with van der Waals surface area (Å²) in [7, 11) is -0.952. The summed E-state index contributed by atoms with van der Waals surface area (Å²) in [5.74, 6) is -0.0828. The van der Waals surface area contributed by atoms with Crippen LogP contribution in [0.25, 0.3) is 0 Å². The van der Waals surface area contributed by atoms with Crippen LogP contribution in [0.1, 0.15) is 29.8 Å². The van der Waals surface area contributed by atoms with Crippen LogP contribution in [0.5, 0.6) is 0 Å². The fraction of sp³-hybridized carbons (Fsp3) is 0.526. The van der Waals surface area contributed by atoms with Crippen molar-refractivity contribution in [3.8, 4) is 0 Å². The molecule has 1 saturated heterocycles. The molecular weight excluding hydrogens is 386 g/mol. The maximum Gasteiger partial charge on any atom is 0.140 e. The van der Waals surface area contributed by atoms with Crippen molar-refractivity contribution in [1.29, 1.82) is 0 Å². The second kappa shape index (κ2) is 8.36. The van der Waals surface area contributed by atoms with Crippen LogP contribution in [0.4, 0.5) is 8.78 Å². The van der Waals surface area contributed by atoms with Crippen molar-refractivity contribution in [2.75, 3.05) is 19.0 Å². The van der Waals surface area contributed by atoms with E-state index in [0.717, 1.165) is 74.7 Å². The highest BCUT2D eigenvalue weighted by Gasteiger charge is 2.35. The smallest absolute Gasteiger partial charge is 0.140 e. The first-order chi connectivity index (χ1) is 13.5. The van der Waals surface area contributed by atoms with Crippen LogP contribution in [0.3, 0.4) is 0 Å². The van der Waals surface area contributed by atoms with Crippen LogP contribution in [0.2, 0.25) is 0 Å². The van der Waals surface area contributed by atoms with E-state index in [0.29, 0.717) is 12.6 Å². The Morgan fingerprint density at radius 2 is 1.86 bits per heavy atom. The first-order valence-electron chi connectivity index (χ1n) is 9.48. The van der Waals surface area contributed by atoms with Crippen molar-refractivity contribution in [1.82, 2.24) is 14.1 Å². The molecule has 1 fully saturated rings. The van der Waals surface area contributed by atoms with Gasteiger partial charge in [0.25, 0.3) is 0 Å². The lowest BCUT2D eigenvalue weighted by Crippen LogP contribution is -2.46. The molecule has 3 unspecified atom stereocenters. The number of rotatable bonds is 1. The molecule has 3 atom stereocenters. The topological polar surface area (TPSA) is 73.4 Å². The maximum atomic E-state index is 12.0. The summed E-state index contributed by atoms with van der Waals surface area (Å²) < 4.78 is 43.1. The SMILES string of the molecule is Fc1ccc(F)cc1.NC1COCC(N2Cc3nn4c(c3C2)CCCS4=O)C1. The van der Waals surface area contributed by atoms with Crippen molar-refractivity contribution in [3.05, 3.63) is 52.9 Å². The van der Waals surface area contributed by atoms with E-state index in [2.05, 4.69) is 10.00 Å². The summed E-state index contributed by atoms with van der Waals surface area (Å²) in [5, 5.41) is 4.58. The van der Waals surface area contributed by atoms with Crippen molar-refractivity contribution in [2.45, 2.75) is 44.4 Å². The van der Waals surface area contributed by atoms with Crippen molar-refractivity contribution < 1.29 is 17.7 Å². The molecule has 3 aliphatic heterocycles. The molecule has 1 aromatic carbocycles. The van der Waals surface area contributed by atoms with Crippen LogP contribution in [-0.4, -0.2) is 49.3 Å². The van der Waals surface area contributed by atoms with Gasteiger partial charge in [0, 0.05) is 36.5 Å². The van der Waals surface area contributed by atoms with Gasteiger partial charge >= 0.3 is 0 Å². The quantitative estimate of drug-likeness (QED) is 0.775. The number of aromatic nitrogens is 2. The zero-order chi connectivity index (χ0) is 19.7. The lowest BCUT2D eigenvalue weighted by atomic mass is 10.1. The molecule has 5 rings (SSSR count). The zero-order valence-electron chi connectivity index (χ0n) is 15.5. The molecule has 6 nitrogen and oxygen atoms in total. The molecular formula is C19H24F2N4O2S. The molecule has 0 spiro atoms. The number of nitrogens with zero attached hydrogens (tertiary/aromatic N) is 3. The fourth-order valence-corrected chi connectivity index (χ4v) is 5.12. The number of fused-ring (bicyclic) bond motifs is 3. The Hall–Kier alpha value is -1.68. The maximum absolute atomic E-state index is 12.0. The van der Waals surface area contributed by atoms with Crippen molar-refractivity contribution in [2.24, 2.45) is 5.73 Å². The van der Waals surface area contributed by atoms with Gasteiger partial charge in [-0.15, -0.1) is 0 Å². The molecule has 2 N–H and O–H groups in total. The standard InChI is InChI=1S/C13H20N4O2S.C6H4F2/c14-9-4-10(8-19-7-9)16-5-11-12(6-16)15-17-13(11)2-1-3-20(17)18;7-5-1-2-6(8)4-3-5/h9-10H,1-8,14H2;1-4H. The molecule has 1 aromatic heterocycles. The minimum atomic E-state index is -0.952. The summed E-state index contributed by atoms with van der Waals surface area (Å²) in [4.78, 5) is 2.41. The van der Waals surface area contributed by atoms with Crippen LogP contribution < -0.4 is 5.73 Å². The molecule has 3 aliphatic rings. The molecule has 28 heavy (non-hydrogen) atoms.